The Bertz CT molecular complexity index is 441. The summed E-state index contributed by atoms with van der Waals surface area (Å²) >= 11 is 5.61. The number of phenolic OH excluding ortho intramolecular Hbond substituents is 2. The minimum absolute atomic E-state index is 0.291. The number of hydrogen-bond donors (Lipinski definition) is 2. The van der Waals surface area contributed by atoms with Crippen molar-refractivity contribution >= 4 is 11.6 Å². The Kier molecular flexibility index (Phi) is 4.67. The minimum Gasteiger partial charge on any atom is -0.508 e. The summed E-state index contributed by atoms with van der Waals surface area (Å²) in [4.78, 5) is 0. The minimum atomic E-state index is 0.291. The van der Waals surface area contributed by atoms with Gasteiger partial charge in [-0.1, -0.05) is 29.8 Å². The average molecular weight is 237 g/mol. The summed E-state index contributed by atoms with van der Waals surface area (Å²) in [5.41, 5.74) is 0.808. The van der Waals surface area contributed by atoms with Crippen molar-refractivity contribution in [3.8, 4) is 11.5 Å². The highest BCUT2D eigenvalue weighted by Crippen LogP contribution is 2.19. The number of halogens is 1. The van der Waals surface area contributed by atoms with Crippen LogP contribution in [0.5, 0.6) is 11.5 Å². The molecule has 0 atom stereocenters. The van der Waals surface area contributed by atoms with Gasteiger partial charge in [-0.3, -0.25) is 0 Å². The Hall–Kier alpha value is -1.67. The highest BCUT2D eigenvalue weighted by atomic mass is 35.5. The van der Waals surface area contributed by atoms with E-state index >= 15 is 0 Å². The van der Waals surface area contributed by atoms with Crippen molar-refractivity contribution in [2.24, 2.45) is 0 Å². The average Bonchev–Trinajstić information content (AvgIpc) is 2.26. The number of aromatic hydroxyl groups is 2. The van der Waals surface area contributed by atoms with E-state index in [1.165, 1.54) is 0 Å². The number of benzene rings is 2. The highest BCUT2D eigenvalue weighted by molar-refractivity contribution is 6.30. The lowest BCUT2D eigenvalue weighted by Gasteiger charge is -1.95. The molecule has 3 heteroatoms. The van der Waals surface area contributed by atoms with E-state index in [9.17, 15) is 0 Å². The molecule has 0 bridgehead atoms. The van der Waals surface area contributed by atoms with E-state index in [0.29, 0.717) is 16.5 Å². The first-order valence-corrected chi connectivity index (χ1v) is 5.16. The molecular weight excluding hydrogens is 224 g/mol. The Morgan fingerprint density at radius 1 is 0.938 bits per heavy atom. The summed E-state index contributed by atoms with van der Waals surface area (Å²) in [5.74, 6) is 0.613. The molecule has 16 heavy (non-hydrogen) atoms. The smallest absolute Gasteiger partial charge is 0.118 e. The summed E-state index contributed by atoms with van der Waals surface area (Å²) < 4.78 is 0. The van der Waals surface area contributed by atoms with Crippen LogP contribution in [0.25, 0.3) is 0 Å². The lowest BCUT2D eigenvalue weighted by atomic mass is 10.2. The standard InChI is InChI=1S/C7H7ClO.C6H6O/c1-5-4-6(8)2-3-7(5)9;7-6-4-2-1-3-5-6/h2-4,9H,1H3;1-5,7H. The summed E-state index contributed by atoms with van der Waals surface area (Å²) in [6.45, 7) is 1.81. The maximum absolute atomic E-state index is 8.99. The molecule has 0 fully saturated rings. The zero-order valence-corrected chi connectivity index (χ0v) is 9.65. The van der Waals surface area contributed by atoms with Crippen LogP contribution in [-0.4, -0.2) is 10.2 Å². The van der Waals surface area contributed by atoms with Crippen molar-refractivity contribution < 1.29 is 10.2 Å². The Labute approximate surface area is 99.8 Å². The van der Waals surface area contributed by atoms with E-state index in [2.05, 4.69) is 0 Å². The van der Waals surface area contributed by atoms with Gasteiger partial charge in [0.05, 0.1) is 0 Å². The van der Waals surface area contributed by atoms with Crippen molar-refractivity contribution in [3.63, 3.8) is 0 Å². The first kappa shape index (κ1) is 12.4. The molecule has 2 rings (SSSR count). The van der Waals surface area contributed by atoms with Crippen LogP contribution in [0.4, 0.5) is 0 Å². The fourth-order valence-electron chi connectivity index (χ4n) is 1.05. The summed E-state index contributed by atoms with van der Waals surface area (Å²) in [7, 11) is 0. The maximum Gasteiger partial charge on any atom is 0.118 e. The second kappa shape index (κ2) is 6.03. The van der Waals surface area contributed by atoms with Crippen LogP contribution in [0, 0.1) is 6.92 Å². The maximum atomic E-state index is 8.99. The van der Waals surface area contributed by atoms with Crippen LogP contribution in [-0.2, 0) is 0 Å². The second-order valence-corrected chi connectivity index (χ2v) is 3.70. The molecule has 0 aliphatic rings. The van der Waals surface area contributed by atoms with E-state index in [4.69, 9.17) is 21.8 Å². The van der Waals surface area contributed by atoms with Gasteiger partial charge in [-0.2, -0.15) is 0 Å². The largest absolute Gasteiger partial charge is 0.508 e. The number of para-hydroxylation sites is 1. The Morgan fingerprint density at radius 2 is 1.56 bits per heavy atom. The molecule has 0 aliphatic carbocycles. The molecule has 2 aromatic rings. The van der Waals surface area contributed by atoms with E-state index in [0.717, 1.165) is 5.56 Å². The molecule has 0 aromatic heterocycles. The quantitative estimate of drug-likeness (QED) is 0.732. The zero-order chi connectivity index (χ0) is 12.0. The van der Waals surface area contributed by atoms with Crippen LogP contribution in [0.15, 0.2) is 48.5 Å². The fraction of sp³-hybridized carbons (Fsp3) is 0.0769. The third-order valence-corrected chi connectivity index (χ3v) is 2.15. The van der Waals surface area contributed by atoms with Gasteiger partial charge in [0.15, 0.2) is 0 Å². The topological polar surface area (TPSA) is 40.5 Å². The van der Waals surface area contributed by atoms with Crippen molar-refractivity contribution in [2.75, 3.05) is 0 Å². The first-order chi connectivity index (χ1) is 7.59. The van der Waals surface area contributed by atoms with E-state index in [1.807, 2.05) is 6.07 Å². The predicted molar refractivity (Wildman–Crippen MR) is 66.0 cm³/mol. The van der Waals surface area contributed by atoms with Gasteiger partial charge < -0.3 is 10.2 Å². The van der Waals surface area contributed by atoms with Crippen LogP contribution in [0.3, 0.4) is 0 Å². The predicted octanol–water partition coefficient (Wildman–Crippen LogP) is 3.75. The molecule has 0 unspecified atom stereocenters. The van der Waals surface area contributed by atoms with E-state index in [1.54, 1.807) is 49.4 Å². The van der Waals surface area contributed by atoms with Gasteiger partial charge in [-0.15, -0.1) is 0 Å². The van der Waals surface area contributed by atoms with Crippen LogP contribution in [0.1, 0.15) is 5.56 Å². The Balaban J connectivity index is 0.000000165. The molecule has 0 saturated heterocycles. The molecule has 0 aliphatic heterocycles. The normalized spacial score (nSPS) is 9.12. The molecular formula is C13H13ClO2. The monoisotopic (exact) mass is 236 g/mol. The van der Waals surface area contributed by atoms with E-state index < -0.39 is 0 Å². The molecule has 0 radical (unpaired) electrons. The molecule has 2 nitrogen and oxygen atoms in total. The van der Waals surface area contributed by atoms with Gasteiger partial charge >= 0.3 is 0 Å². The lowest BCUT2D eigenvalue weighted by Crippen LogP contribution is -1.71. The second-order valence-electron chi connectivity index (χ2n) is 3.27. The van der Waals surface area contributed by atoms with Crippen molar-refractivity contribution in [1.82, 2.24) is 0 Å². The summed E-state index contributed by atoms with van der Waals surface area (Å²) in [6.07, 6.45) is 0. The number of hydrogen-bond acceptors (Lipinski definition) is 2. The highest BCUT2D eigenvalue weighted by Gasteiger charge is 1.93. The molecule has 0 heterocycles. The van der Waals surface area contributed by atoms with Gasteiger partial charge in [0.25, 0.3) is 0 Å². The van der Waals surface area contributed by atoms with Crippen LogP contribution >= 0.6 is 11.6 Å². The van der Waals surface area contributed by atoms with Crippen LogP contribution < -0.4 is 0 Å². The van der Waals surface area contributed by atoms with E-state index in [-0.39, 0.29) is 0 Å². The third-order valence-electron chi connectivity index (χ3n) is 1.92. The first-order valence-electron chi connectivity index (χ1n) is 4.78. The molecule has 84 valence electrons. The zero-order valence-electron chi connectivity index (χ0n) is 8.89. The van der Waals surface area contributed by atoms with Gasteiger partial charge in [-0.25, -0.2) is 0 Å². The summed E-state index contributed by atoms with van der Waals surface area (Å²) in [5, 5.41) is 18.3. The van der Waals surface area contributed by atoms with Crippen molar-refractivity contribution in [2.45, 2.75) is 6.92 Å². The van der Waals surface area contributed by atoms with Crippen molar-refractivity contribution in [1.29, 1.82) is 0 Å². The lowest BCUT2D eigenvalue weighted by molar-refractivity contribution is 0.471. The number of phenols is 2. The number of rotatable bonds is 0. The fourth-order valence-corrected chi connectivity index (χ4v) is 1.27. The molecule has 2 N–H and O–H groups in total. The number of aryl methyl sites for hydroxylation is 1. The van der Waals surface area contributed by atoms with Gasteiger partial charge in [0, 0.05) is 5.02 Å². The Morgan fingerprint density at radius 3 is 1.94 bits per heavy atom. The summed E-state index contributed by atoms with van der Waals surface area (Å²) in [6, 6.07) is 13.7. The molecule has 2 aromatic carbocycles. The molecule has 0 amide bonds. The third kappa shape index (κ3) is 4.24. The molecule has 0 saturated carbocycles. The van der Waals surface area contributed by atoms with Crippen LogP contribution in [0.2, 0.25) is 5.02 Å². The van der Waals surface area contributed by atoms with Crippen molar-refractivity contribution in [3.05, 3.63) is 59.1 Å². The molecule has 0 spiro atoms. The SMILES string of the molecule is Cc1cc(Cl)ccc1O.Oc1ccccc1. The van der Waals surface area contributed by atoms with Gasteiger partial charge in [0.2, 0.25) is 0 Å². The van der Waals surface area contributed by atoms with Gasteiger partial charge in [-0.05, 0) is 42.8 Å². The van der Waals surface area contributed by atoms with Gasteiger partial charge in [0.1, 0.15) is 11.5 Å².